The summed E-state index contributed by atoms with van der Waals surface area (Å²) >= 11 is 0. The van der Waals surface area contributed by atoms with Crippen LogP contribution in [-0.2, 0) is 26.1 Å². The second-order valence-corrected chi connectivity index (χ2v) is 16.9. The molecule has 8 rings (SSSR count). The van der Waals surface area contributed by atoms with Gasteiger partial charge in [-0.2, -0.15) is 0 Å². The number of carbonyl (C=O) groups is 2. The van der Waals surface area contributed by atoms with Crippen molar-refractivity contribution in [3.05, 3.63) is 162 Å². The SMILES string of the molecule is C.COc1cc2c(c(OC)c1OC)-c1ccc(OC)c(=O)cc1[C@@H](N)CC2.COc1cc2c(c(OC)c1OC)-c1ccc(OC)c(=O)cc1[C@@H](NC(=O)c1cc(F)cc(CO)c1)CC2.O=C(O)c1cc(F)cc(CO)c1. The lowest BCUT2D eigenvalue weighted by atomic mass is 9.95. The number of rotatable bonds is 13. The fourth-order valence-corrected chi connectivity index (χ4v) is 9.09. The van der Waals surface area contributed by atoms with Crippen LogP contribution >= 0.6 is 0 Å². The van der Waals surface area contributed by atoms with E-state index in [0.29, 0.717) is 70.4 Å². The van der Waals surface area contributed by atoms with E-state index in [0.717, 1.165) is 58.5 Å². The number of nitrogens with two attached hydrogens (primary N) is 1. The van der Waals surface area contributed by atoms with E-state index >= 15 is 0 Å². The zero-order valence-electron chi connectivity index (χ0n) is 42.6. The second kappa shape index (κ2) is 26.3. The van der Waals surface area contributed by atoms with Crippen LogP contribution in [0.1, 0.15) is 86.4 Å². The minimum atomic E-state index is -1.20. The minimum Gasteiger partial charge on any atom is -0.493 e. The van der Waals surface area contributed by atoms with E-state index in [-0.39, 0.29) is 64.7 Å². The molecule has 0 aliphatic heterocycles. The highest BCUT2D eigenvalue weighted by Crippen LogP contribution is 2.51. The Kier molecular flexibility index (Phi) is 20.3. The number of aryl methyl sites for hydroxylation is 2. The van der Waals surface area contributed by atoms with Crippen LogP contribution in [0.15, 0.2) is 94.5 Å². The Morgan fingerprint density at radius 1 is 0.553 bits per heavy atom. The molecule has 1 amide bonds. The minimum absolute atomic E-state index is 0. The lowest BCUT2D eigenvalue weighted by Gasteiger charge is -2.20. The molecule has 17 nitrogen and oxygen atoms in total. The molecule has 2 atom stereocenters. The van der Waals surface area contributed by atoms with Crippen molar-refractivity contribution in [3.8, 4) is 68.2 Å². The topological polar surface area (TPSA) is 241 Å². The van der Waals surface area contributed by atoms with Crippen LogP contribution in [0.25, 0.3) is 22.3 Å². The summed E-state index contributed by atoms with van der Waals surface area (Å²) in [6, 6.07) is 19.7. The number of hydrogen-bond acceptors (Lipinski definition) is 15. The number of hydrogen-bond donors (Lipinski definition) is 5. The first-order valence-electron chi connectivity index (χ1n) is 23.2. The molecular formula is C57H62F2N2O15. The molecule has 19 heteroatoms. The van der Waals surface area contributed by atoms with Crippen molar-refractivity contribution in [2.45, 2.75) is 58.4 Å². The van der Waals surface area contributed by atoms with E-state index in [1.54, 1.807) is 45.6 Å². The van der Waals surface area contributed by atoms with Gasteiger partial charge in [0.25, 0.3) is 5.91 Å². The number of carboxylic acids is 1. The molecule has 0 saturated carbocycles. The number of aliphatic hydroxyl groups excluding tert-OH is 2. The number of amides is 1. The molecule has 0 bridgehead atoms. The normalized spacial score (nSPS) is 13.6. The number of ether oxygens (including phenoxy) is 8. The van der Waals surface area contributed by atoms with Crippen LogP contribution in [0.5, 0.6) is 46.0 Å². The van der Waals surface area contributed by atoms with Crippen molar-refractivity contribution < 1.29 is 71.6 Å². The van der Waals surface area contributed by atoms with Gasteiger partial charge in [-0.1, -0.05) is 19.6 Å². The lowest BCUT2D eigenvalue weighted by molar-refractivity contribution is 0.0695. The number of carbonyl (C=O) groups excluding carboxylic acids is 1. The van der Waals surface area contributed by atoms with Gasteiger partial charge < -0.3 is 64.3 Å². The van der Waals surface area contributed by atoms with Gasteiger partial charge in [-0.25, -0.2) is 13.6 Å². The quantitative estimate of drug-likeness (QED) is 0.0733. The van der Waals surface area contributed by atoms with Crippen LogP contribution in [0.4, 0.5) is 8.78 Å². The van der Waals surface area contributed by atoms with Crippen LogP contribution < -0.4 is 59.8 Å². The molecule has 2 aliphatic carbocycles. The largest absolute Gasteiger partial charge is 0.493 e. The van der Waals surface area contributed by atoms with Gasteiger partial charge in [0.1, 0.15) is 11.6 Å². The third-order valence-electron chi connectivity index (χ3n) is 12.6. The molecule has 0 saturated heterocycles. The van der Waals surface area contributed by atoms with Gasteiger partial charge in [0, 0.05) is 22.7 Å². The molecule has 6 aromatic carbocycles. The predicted molar refractivity (Wildman–Crippen MR) is 281 cm³/mol. The Labute approximate surface area is 438 Å². The predicted octanol–water partition coefficient (Wildman–Crippen LogP) is 8.14. The first kappa shape index (κ1) is 58.6. The first-order valence-corrected chi connectivity index (χ1v) is 23.2. The van der Waals surface area contributed by atoms with Gasteiger partial charge >= 0.3 is 5.97 Å². The lowest BCUT2D eigenvalue weighted by Crippen LogP contribution is -2.29. The van der Waals surface area contributed by atoms with Crippen molar-refractivity contribution in [2.24, 2.45) is 5.73 Å². The molecular weight excluding hydrogens is 991 g/mol. The maximum Gasteiger partial charge on any atom is 0.335 e. The number of aromatic carboxylic acids is 1. The number of aliphatic hydroxyl groups is 2. The van der Waals surface area contributed by atoms with Gasteiger partial charge in [-0.15, -0.1) is 0 Å². The Morgan fingerprint density at radius 2 is 0.974 bits per heavy atom. The molecule has 0 unspecified atom stereocenters. The third-order valence-corrected chi connectivity index (χ3v) is 12.6. The molecule has 6 aromatic rings. The van der Waals surface area contributed by atoms with E-state index < -0.39 is 36.2 Å². The number of fused-ring (bicyclic) bond motifs is 6. The Morgan fingerprint density at radius 3 is 1.41 bits per heavy atom. The standard InChI is InChI=1S/C28H28FNO7.C20H23NO5.C8H7FO3.CH4/c1-34-23-8-6-19-20(13-22(23)32)21(30-28(33)17-9-15(14-31)10-18(29)11-17)7-5-16-12-24(35-2)26(36-3)27(37-4)25(16)19;1-23-16-8-6-12-13(10-15(16)22)14(21)7-5-11-9-17(24-2)19(25-3)20(26-4)18(11)12;9-7-2-5(4-10)1-6(3-7)8(11)12;/h6,8-13,21,31H,5,7,14H2,1-4H3,(H,30,33);6,8-10,14H,5,7,21H2,1-4H3;1-3,10H,4H2,(H,11,12);1H4/t21-;14-;;/m00../s1. The van der Waals surface area contributed by atoms with E-state index in [1.165, 1.54) is 53.7 Å². The van der Waals surface area contributed by atoms with Gasteiger partial charge in [0.2, 0.25) is 22.4 Å². The van der Waals surface area contributed by atoms with Gasteiger partial charge in [0.05, 0.1) is 81.7 Å². The number of carboxylic acid groups (broad SMARTS) is 1. The van der Waals surface area contributed by atoms with E-state index in [4.69, 9.17) is 53.8 Å². The summed E-state index contributed by atoms with van der Waals surface area (Å²) in [5.74, 6) is 0.367. The molecule has 404 valence electrons. The Balaban J connectivity index is 0.000000236. The Hall–Kier alpha value is -8.26. The first-order chi connectivity index (χ1) is 36.0. The molecule has 0 aromatic heterocycles. The summed E-state index contributed by atoms with van der Waals surface area (Å²) in [7, 11) is 12.2. The van der Waals surface area contributed by atoms with Gasteiger partial charge in [-0.3, -0.25) is 14.4 Å². The summed E-state index contributed by atoms with van der Waals surface area (Å²) in [6.07, 6.45) is 2.37. The van der Waals surface area contributed by atoms with Crippen molar-refractivity contribution in [3.63, 3.8) is 0 Å². The van der Waals surface area contributed by atoms with E-state index in [1.807, 2.05) is 18.2 Å². The molecule has 0 fully saturated rings. The number of halogens is 2. The highest BCUT2D eigenvalue weighted by molar-refractivity contribution is 5.95. The summed E-state index contributed by atoms with van der Waals surface area (Å²) in [6.45, 7) is -0.768. The third kappa shape index (κ3) is 12.6. The molecule has 76 heavy (non-hydrogen) atoms. The van der Waals surface area contributed by atoms with Gasteiger partial charge in [0.15, 0.2) is 34.5 Å². The van der Waals surface area contributed by atoms with Gasteiger partial charge in [-0.05, 0) is 143 Å². The zero-order valence-corrected chi connectivity index (χ0v) is 42.6. The highest BCUT2D eigenvalue weighted by atomic mass is 19.1. The smallest absolute Gasteiger partial charge is 0.335 e. The Bertz CT molecular complexity index is 3220. The van der Waals surface area contributed by atoms with E-state index in [2.05, 4.69) is 5.32 Å². The van der Waals surface area contributed by atoms with Crippen LogP contribution in [-0.4, -0.2) is 84.1 Å². The summed E-state index contributed by atoms with van der Waals surface area (Å²) in [5, 5.41) is 29.5. The zero-order chi connectivity index (χ0) is 54.7. The number of methoxy groups -OCH3 is 8. The average molecular weight is 1050 g/mol. The summed E-state index contributed by atoms with van der Waals surface area (Å²) in [4.78, 5) is 49.0. The highest BCUT2D eigenvalue weighted by Gasteiger charge is 2.31. The fraction of sp³-hybridized carbons (Fsp3) is 0.298. The van der Waals surface area contributed by atoms with Crippen molar-refractivity contribution >= 4 is 11.9 Å². The molecule has 6 N–H and O–H groups in total. The van der Waals surface area contributed by atoms with Crippen LogP contribution in [0.3, 0.4) is 0 Å². The second-order valence-electron chi connectivity index (χ2n) is 16.9. The maximum atomic E-state index is 14.1. The van der Waals surface area contributed by atoms with E-state index in [9.17, 15) is 33.1 Å². The summed E-state index contributed by atoms with van der Waals surface area (Å²) < 4.78 is 70.7. The number of benzene rings is 4. The van der Waals surface area contributed by atoms with Crippen LogP contribution in [0, 0.1) is 11.6 Å². The number of nitrogens with one attached hydrogen (secondary N) is 1. The molecule has 0 spiro atoms. The van der Waals surface area contributed by atoms with Crippen molar-refractivity contribution in [1.82, 2.24) is 5.32 Å². The fourth-order valence-electron chi connectivity index (χ4n) is 9.09. The van der Waals surface area contributed by atoms with Crippen molar-refractivity contribution in [1.29, 1.82) is 0 Å². The van der Waals surface area contributed by atoms with Crippen molar-refractivity contribution in [2.75, 3.05) is 56.9 Å². The summed E-state index contributed by atoms with van der Waals surface area (Å²) in [5.41, 5.74) is 12.5. The molecule has 0 radical (unpaired) electrons. The monoisotopic (exact) mass is 1050 g/mol. The molecule has 0 heterocycles. The maximum absolute atomic E-state index is 14.1. The molecule has 2 aliphatic rings. The van der Waals surface area contributed by atoms with Crippen LogP contribution in [0.2, 0.25) is 0 Å². The average Bonchev–Trinajstić information content (AvgIpc) is 3.81.